The molecule has 0 bridgehead atoms. The van der Waals surface area contributed by atoms with Gasteiger partial charge in [0.1, 0.15) is 0 Å². The summed E-state index contributed by atoms with van der Waals surface area (Å²) in [6, 6.07) is 1.65. The molecule has 0 unspecified atom stereocenters. The monoisotopic (exact) mass is 251 g/mol. The molecule has 1 aliphatic rings. The van der Waals surface area contributed by atoms with E-state index in [2.05, 4.69) is 4.98 Å². The lowest BCUT2D eigenvalue weighted by Gasteiger charge is -2.31. The fourth-order valence-electron chi connectivity index (χ4n) is 2.32. The predicted molar refractivity (Wildman–Crippen MR) is 67.7 cm³/mol. The number of nitro groups is 1. The first-order chi connectivity index (χ1) is 8.63. The van der Waals surface area contributed by atoms with Gasteiger partial charge in [-0.2, -0.15) is 0 Å². The molecule has 6 nitrogen and oxygen atoms in total. The van der Waals surface area contributed by atoms with Crippen LogP contribution in [0.2, 0.25) is 0 Å². The molecule has 0 radical (unpaired) electrons. The van der Waals surface area contributed by atoms with E-state index in [0.29, 0.717) is 30.4 Å². The molecule has 0 saturated carbocycles. The van der Waals surface area contributed by atoms with Gasteiger partial charge in [0.05, 0.1) is 4.92 Å². The van der Waals surface area contributed by atoms with Crippen LogP contribution in [-0.2, 0) is 0 Å². The summed E-state index contributed by atoms with van der Waals surface area (Å²) in [5, 5.41) is 20.2. The van der Waals surface area contributed by atoms with Crippen molar-refractivity contribution in [3.8, 4) is 0 Å². The molecule has 1 aromatic heterocycles. The van der Waals surface area contributed by atoms with Crippen LogP contribution in [0.5, 0.6) is 0 Å². The van der Waals surface area contributed by atoms with Gasteiger partial charge in [-0.05, 0) is 31.7 Å². The maximum absolute atomic E-state index is 11.1. The Hall–Kier alpha value is -1.69. The van der Waals surface area contributed by atoms with Gasteiger partial charge >= 0.3 is 5.69 Å². The highest BCUT2D eigenvalue weighted by molar-refractivity contribution is 5.61. The van der Waals surface area contributed by atoms with Gasteiger partial charge in [0.15, 0.2) is 0 Å². The fraction of sp³-hybridized carbons (Fsp3) is 0.583. The second kappa shape index (κ2) is 5.30. The molecule has 0 spiro atoms. The van der Waals surface area contributed by atoms with Crippen LogP contribution >= 0.6 is 0 Å². The Morgan fingerprint density at radius 2 is 2.22 bits per heavy atom. The molecule has 1 aromatic rings. The quantitative estimate of drug-likeness (QED) is 0.650. The third-order valence-electron chi connectivity index (χ3n) is 3.46. The van der Waals surface area contributed by atoms with Gasteiger partial charge in [0.2, 0.25) is 5.82 Å². The number of hydrogen-bond acceptors (Lipinski definition) is 5. The highest BCUT2D eigenvalue weighted by Crippen LogP contribution is 2.31. The summed E-state index contributed by atoms with van der Waals surface area (Å²) < 4.78 is 0. The van der Waals surface area contributed by atoms with E-state index >= 15 is 0 Å². The van der Waals surface area contributed by atoms with Crippen molar-refractivity contribution in [1.29, 1.82) is 0 Å². The summed E-state index contributed by atoms with van der Waals surface area (Å²) in [6.45, 7) is 3.34. The maximum atomic E-state index is 11.1. The molecule has 18 heavy (non-hydrogen) atoms. The van der Waals surface area contributed by atoms with Crippen molar-refractivity contribution >= 4 is 11.5 Å². The normalized spacial score (nSPS) is 16.9. The van der Waals surface area contributed by atoms with E-state index in [1.54, 1.807) is 19.2 Å². The molecule has 6 heteroatoms. The van der Waals surface area contributed by atoms with Gasteiger partial charge in [-0.25, -0.2) is 4.98 Å². The van der Waals surface area contributed by atoms with E-state index in [0.717, 1.165) is 12.8 Å². The van der Waals surface area contributed by atoms with Crippen LogP contribution in [0.4, 0.5) is 11.5 Å². The number of rotatable bonds is 3. The first-order valence-corrected chi connectivity index (χ1v) is 6.09. The summed E-state index contributed by atoms with van der Waals surface area (Å²) >= 11 is 0. The minimum atomic E-state index is -0.365. The second-order valence-electron chi connectivity index (χ2n) is 4.67. The van der Waals surface area contributed by atoms with Crippen molar-refractivity contribution < 1.29 is 10.0 Å². The van der Waals surface area contributed by atoms with Gasteiger partial charge < -0.3 is 10.0 Å². The number of nitrogens with zero attached hydrogens (tertiary/aromatic N) is 3. The summed E-state index contributed by atoms with van der Waals surface area (Å²) in [5.41, 5.74) is 0.731. The molecule has 1 saturated heterocycles. The first-order valence-electron chi connectivity index (χ1n) is 6.09. The van der Waals surface area contributed by atoms with Crippen LogP contribution < -0.4 is 4.90 Å². The molecular formula is C12H17N3O3. The molecule has 2 heterocycles. The molecule has 0 atom stereocenters. The minimum Gasteiger partial charge on any atom is -0.396 e. The zero-order valence-corrected chi connectivity index (χ0v) is 10.4. The predicted octanol–water partition coefficient (Wildman–Crippen LogP) is 1.51. The molecule has 0 aliphatic carbocycles. The second-order valence-corrected chi connectivity index (χ2v) is 4.67. The molecule has 98 valence electrons. The van der Waals surface area contributed by atoms with Crippen molar-refractivity contribution in [3.05, 3.63) is 27.9 Å². The number of hydrogen-bond donors (Lipinski definition) is 1. The number of aromatic nitrogens is 1. The van der Waals surface area contributed by atoms with Gasteiger partial charge in [-0.15, -0.1) is 0 Å². The average Bonchev–Trinajstić information content (AvgIpc) is 2.38. The Bertz CT molecular complexity index is 442. The maximum Gasteiger partial charge on any atom is 0.314 e. The number of pyridine rings is 1. The largest absolute Gasteiger partial charge is 0.396 e. The molecule has 2 rings (SSSR count). The van der Waals surface area contributed by atoms with Crippen LogP contribution in [0.3, 0.4) is 0 Å². The summed E-state index contributed by atoms with van der Waals surface area (Å²) in [4.78, 5) is 16.8. The first kappa shape index (κ1) is 12.8. The van der Waals surface area contributed by atoms with E-state index in [-0.39, 0.29) is 17.2 Å². The zero-order chi connectivity index (χ0) is 13.1. The van der Waals surface area contributed by atoms with Crippen molar-refractivity contribution in [1.82, 2.24) is 4.98 Å². The van der Waals surface area contributed by atoms with Crippen LogP contribution in [-0.4, -0.2) is 34.7 Å². The van der Waals surface area contributed by atoms with E-state index in [1.165, 1.54) is 0 Å². The molecular weight excluding hydrogens is 234 g/mol. The van der Waals surface area contributed by atoms with E-state index in [4.69, 9.17) is 5.11 Å². The average molecular weight is 251 g/mol. The van der Waals surface area contributed by atoms with Crippen molar-refractivity contribution in [3.63, 3.8) is 0 Å². The summed E-state index contributed by atoms with van der Waals surface area (Å²) in [7, 11) is 0. The van der Waals surface area contributed by atoms with Crippen LogP contribution in [0, 0.1) is 23.0 Å². The summed E-state index contributed by atoms with van der Waals surface area (Å²) in [6.07, 6.45) is 3.31. The van der Waals surface area contributed by atoms with Gasteiger partial charge in [0, 0.05) is 31.5 Å². The number of aliphatic hydroxyl groups is 1. The van der Waals surface area contributed by atoms with Crippen molar-refractivity contribution in [2.24, 2.45) is 5.92 Å². The van der Waals surface area contributed by atoms with Crippen LogP contribution in [0.25, 0.3) is 0 Å². The van der Waals surface area contributed by atoms with E-state index < -0.39 is 0 Å². The Morgan fingerprint density at radius 1 is 1.56 bits per heavy atom. The smallest absolute Gasteiger partial charge is 0.314 e. The lowest BCUT2D eigenvalue weighted by atomic mass is 9.98. The Balaban J connectivity index is 2.24. The number of piperidine rings is 1. The number of aryl methyl sites for hydroxylation is 1. The Morgan fingerprint density at radius 3 is 2.78 bits per heavy atom. The molecule has 1 aliphatic heterocycles. The minimum absolute atomic E-state index is 0.0972. The Kier molecular flexibility index (Phi) is 3.76. The lowest BCUT2D eigenvalue weighted by Crippen LogP contribution is -2.35. The molecule has 1 N–H and O–H groups in total. The van der Waals surface area contributed by atoms with Crippen molar-refractivity contribution in [2.75, 3.05) is 24.6 Å². The number of anilines is 1. The highest BCUT2D eigenvalue weighted by atomic mass is 16.6. The lowest BCUT2D eigenvalue weighted by molar-refractivity contribution is -0.384. The van der Waals surface area contributed by atoms with Gasteiger partial charge in [-0.3, -0.25) is 10.1 Å². The summed E-state index contributed by atoms with van der Waals surface area (Å²) in [5.74, 6) is 0.765. The van der Waals surface area contributed by atoms with Crippen LogP contribution in [0.15, 0.2) is 12.3 Å². The SMILES string of the molecule is Cc1ccnc(N2CCC(CO)CC2)c1[N+](=O)[O-]. The van der Waals surface area contributed by atoms with Crippen LogP contribution in [0.1, 0.15) is 18.4 Å². The molecule has 0 aromatic carbocycles. The number of aliphatic hydroxyl groups excluding tert-OH is 1. The molecule has 1 fully saturated rings. The molecule has 0 amide bonds. The topological polar surface area (TPSA) is 79.5 Å². The van der Waals surface area contributed by atoms with Gasteiger partial charge in [-0.1, -0.05) is 0 Å². The van der Waals surface area contributed by atoms with Gasteiger partial charge in [0.25, 0.3) is 0 Å². The Labute approximate surface area is 105 Å². The standard InChI is InChI=1S/C12H17N3O3/c1-9-2-5-13-12(11(9)15(17)18)14-6-3-10(8-16)4-7-14/h2,5,10,16H,3-4,6-8H2,1H3. The van der Waals surface area contributed by atoms with Crippen molar-refractivity contribution in [2.45, 2.75) is 19.8 Å². The highest BCUT2D eigenvalue weighted by Gasteiger charge is 2.27. The zero-order valence-electron chi connectivity index (χ0n) is 10.4. The third kappa shape index (κ3) is 2.43. The van der Waals surface area contributed by atoms with E-state index in [9.17, 15) is 10.1 Å². The van der Waals surface area contributed by atoms with E-state index in [1.807, 2.05) is 4.90 Å². The third-order valence-corrected chi connectivity index (χ3v) is 3.46. The fourth-order valence-corrected chi connectivity index (χ4v) is 2.32.